The molecule has 1 amide bonds. The lowest BCUT2D eigenvalue weighted by molar-refractivity contribution is 0.0525. The summed E-state index contributed by atoms with van der Waals surface area (Å²) in [5.74, 6) is 5.29. The maximum absolute atomic E-state index is 12.6. The molecule has 0 aromatic heterocycles. The molecule has 1 aliphatic carbocycles. The van der Waals surface area contributed by atoms with Crippen molar-refractivity contribution in [2.75, 3.05) is 19.8 Å². The molecule has 4 nitrogen and oxygen atoms in total. The van der Waals surface area contributed by atoms with Crippen molar-refractivity contribution >= 4 is 5.91 Å². The number of amides is 1. The van der Waals surface area contributed by atoms with E-state index in [9.17, 15) is 4.79 Å². The summed E-state index contributed by atoms with van der Waals surface area (Å²) >= 11 is 0. The minimum atomic E-state index is -0.231. The molecule has 4 heteroatoms. The lowest BCUT2D eigenvalue weighted by Crippen LogP contribution is -2.45. The fraction of sp³-hybridized carbons (Fsp3) is 0.438. The number of aliphatic hydroxyl groups excluding tert-OH is 2. The summed E-state index contributed by atoms with van der Waals surface area (Å²) in [7, 11) is 0. The zero-order valence-electron chi connectivity index (χ0n) is 11.4. The van der Waals surface area contributed by atoms with Crippen molar-refractivity contribution in [3.63, 3.8) is 0 Å². The Bertz CT molecular complexity index is 526. The highest BCUT2D eigenvalue weighted by molar-refractivity contribution is 5.97. The van der Waals surface area contributed by atoms with Gasteiger partial charge in [0, 0.05) is 18.2 Å². The van der Waals surface area contributed by atoms with Crippen LogP contribution < -0.4 is 0 Å². The third-order valence-corrected chi connectivity index (χ3v) is 3.58. The van der Waals surface area contributed by atoms with E-state index in [1.807, 2.05) is 6.07 Å². The largest absolute Gasteiger partial charge is 0.395 e. The van der Waals surface area contributed by atoms with E-state index in [4.69, 9.17) is 10.2 Å². The van der Waals surface area contributed by atoms with Crippen LogP contribution in [0.3, 0.4) is 0 Å². The van der Waals surface area contributed by atoms with Gasteiger partial charge in [-0.05, 0) is 31.4 Å². The molecule has 0 aliphatic heterocycles. The van der Waals surface area contributed by atoms with Gasteiger partial charge in [-0.15, -0.1) is 0 Å². The molecule has 106 valence electrons. The lowest BCUT2D eigenvalue weighted by Gasteiger charge is -2.37. The normalized spacial score (nSPS) is 14.1. The standard InChI is InChI=1S/C16H19NO3/c18-11-4-6-13-5-1-2-9-15(13)16(20)17(10-12-19)14-7-3-8-14/h1-2,5,9,14,18-19H,3,7-8,10-12H2. The zero-order valence-corrected chi connectivity index (χ0v) is 11.4. The van der Waals surface area contributed by atoms with Gasteiger partial charge in [-0.2, -0.15) is 0 Å². The van der Waals surface area contributed by atoms with Crippen LogP contribution in [-0.4, -0.2) is 46.8 Å². The molecule has 2 N–H and O–H groups in total. The molecule has 0 atom stereocenters. The number of rotatable bonds is 4. The Morgan fingerprint density at radius 2 is 2.05 bits per heavy atom. The predicted molar refractivity (Wildman–Crippen MR) is 76.2 cm³/mol. The highest BCUT2D eigenvalue weighted by Gasteiger charge is 2.29. The molecule has 0 radical (unpaired) electrons. The Labute approximate surface area is 119 Å². The summed E-state index contributed by atoms with van der Waals surface area (Å²) in [4.78, 5) is 14.4. The van der Waals surface area contributed by atoms with E-state index in [0.29, 0.717) is 17.7 Å². The number of hydrogen-bond donors (Lipinski definition) is 2. The molecule has 1 fully saturated rings. The molecule has 0 heterocycles. The van der Waals surface area contributed by atoms with E-state index >= 15 is 0 Å². The Morgan fingerprint density at radius 3 is 2.65 bits per heavy atom. The van der Waals surface area contributed by atoms with Crippen LogP contribution in [0.5, 0.6) is 0 Å². The topological polar surface area (TPSA) is 60.8 Å². The SMILES string of the molecule is O=C(c1ccccc1C#CCO)N(CCO)C1CCC1. The van der Waals surface area contributed by atoms with Crippen molar-refractivity contribution in [2.24, 2.45) is 0 Å². The molecule has 0 spiro atoms. The highest BCUT2D eigenvalue weighted by atomic mass is 16.3. The third-order valence-electron chi connectivity index (χ3n) is 3.58. The van der Waals surface area contributed by atoms with Crippen molar-refractivity contribution in [3.8, 4) is 11.8 Å². The number of hydrogen-bond acceptors (Lipinski definition) is 3. The van der Waals surface area contributed by atoms with Gasteiger partial charge in [-0.1, -0.05) is 24.0 Å². The Kier molecular flexibility index (Phi) is 5.16. The number of aliphatic hydroxyl groups is 2. The van der Waals surface area contributed by atoms with Crippen LogP contribution in [0.15, 0.2) is 24.3 Å². The number of carbonyl (C=O) groups excluding carboxylic acids is 1. The van der Waals surface area contributed by atoms with E-state index in [0.717, 1.165) is 19.3 Å². The van der Waals surface area contributed by atoms with Crippen molar-refractivity contribution in [1.82, 2.24) is 4.90 Å². The maximum Gasteiger partial charge on any atom is 0.255 e. The summed E-state index contributed by atoms with van der Waals surface area (Å²) in [5, 5.41) is 17.9. The fourth-order valence-corrected chi connectivity index (χ4v) is 2.32. The number of nitrogens with zero attached hydrogens (tertiary/aromatic N) is 1. The van der Waals surface area contributed by atoms with Crippen molar-refractivity contribution in [2.45, 2.75) is 25.3 Å². The van der Waals surface area contributed by atoms with E-state index in [2.05, 4.69) is 11.8 Å². The molecular weight excluding hydrogens is 254 g/mol. The Hall–Kier alpha value is -1.83. The molecule has 1 aliphatic rings. The molecular formula is C16H19NO3. The van der Waals surface area contributed by atoms with Gasteiger partial charge in [-0.25, -0.2) is 0 Å². The van der Waals surface area contributed by atoms with E-state index in [1.54, 1.807) is 23.1 Å². The summed E-state index contributed by atoms with van der Waals surface area (Å²) in [6, 6.07) is 7.36. The zero-order chi connectivity index (χ0) is 14.4. The summed E-state index contributed by atoms with van der Waals surface area (Å²) in [6.07, 6.45) is 3.12. The second kappa shape index (κ2) is 7.09. The molecule has 0 unspecified atom stereocenters. The van der Waals surface area contributed by atoms with Crippen LogP contribution in [0, 0.1) is 11.8 Å². The molecule has 1 saturated carbocycles. The van der Waals surface area contributed by atoms with Crippen LogP contribution in [0.2, 0.25) is 0 Å². The molecule has 1 aromatic carbocycles. The van der Waals surface area contributed by atoms with E-state index in [1.165, 1.54) is 0 Å². The van der Waals surface area contributed by atoms with Gasteiger partial charge in [0.1, 0.15) is 6.61 Å². The average Bonchev–Trinajstić information content (AvgIpc) is 2.42. The highest BCUT2D eigenvalue weighted by Crippen LogP contribution is 2.26. The molecule has 1 aromatic rings. The third kappa shape index (κ3) is 3.19. The number of carbonyl (C=O) groups is 1. The van der Waals surface area contributed by atoms with Crippen molar-refractivity contribution < 1.29 is 15.0 Å². The second-order valence-corrected chi connectivity index (χ2v) is 4.81. The van der Waals surface area contributed by atoms with Gasteiger partial charge >= 0.3 is 0 Å². The molecule has 2 rings (SSSR count). The van der Waals surface area contributed by atoms with Gasteiger partial charge in [0.2, 0.25) is 0 Å². The van der Waals surface area contributed by atoms with Gasteiger partial charge in [0.25, 0.3) is 5.91 Å². The van der Waals surface area contributed by atoms with Crippen LogP contribution in [0.1, 0.15) is 35.2 Å². The van der Waals surface area contributed by atoms with Gasteiger partial charge in [0.05, 0.1) is 12.2 Å². The smallest absolute Gasteiger partial charge is 0.255 e. The fourth-order valence-electron chi connectivity index (χ4n) is 2.32. The first-order chi connectivity index (χ1) is 9.77. The summed E-state index contributed by atoms with van der Waals surface area (Å²) in [5.41, 5.74) is 1.16. The van der Waals surface area contributed by atoms with Gasteiger partial charge in [-0.3, -0.25) is 4.79 Å². The van der Waals surface area contributed by atoms with E-state index in [-0.39, 0.29) is 25.2 Å². The molecule has 20 heavy (non-hydrogen) atoms. The van der Waals surface area contributed by atoms with Gasteiger partial charge < -0.3 is 15.1 Å². The minimum Gasteiger partial charge on any atom is -0.395 e. The number of benzene rings is 1. The van der Waals surface area contributed by atoms with Crippen LogP contribution in [0.4, 0.5) is 0 Å². The second-order valence-electron chi connectivity index (χ2n) is 4.81. The molecule has 0 bridgehead atoms. The molecule has 0 saturated heterocycles. The first kappa shape index (κ1) is 14.6. The van der Waals surface area contributed by atoms with Crippen LogP contribution >= 0.6 is 0 Å². The van der Waals surface area contributed by atoms with E-state index < -0.39 is 0 Å². The Morgan fingerprint density at radius 1 is 1.30 bits per heavy atom. The summed E-state index contributed by atoms with van der Waals surface area (Å²) < 4.78 is 0. The monoisotopic (exact) mass is 273 g/mol. The van der Waals surface area contributed by atoms with Crippen molar-refractivity contribution in [1.29, 1.82) is 0 Å². The van der Waals surface area contributed by atoms with Crippen LogP contribution in [-0.2, 0) is 0 Å². The minimum absolute atomic E-state index is 0.0350. The average molecular weight is 273 g/mol. The maximum atomic E-state index is 12.6. The Balaban J connectivity index is 2.26. The van der Waals surface area contributed by atoms with Crippen LogP contribution in [0.25, 0.3) is 0 Å². The first-order valence-electron chi connectivity index (χ1n) is 6.88. The first-order valence-corrected chi connectivity index (χ1v) is 6.88. The quantitative estimate of drug-likeness (QED) is 0.805. The van der Waals surface area contributed by atoms with Gasteiger partial charge in [0.15, 0.2) is 0 Å². The lowest BCUT2D eigenvalue weighted by atomic mass is 9.90. The van der Waals surface area contributed by atoms with Crippen molar-refractivity contribution in [3.05, 3.63) is 35.4 Å². The summed E-state index contributed by atoms with van der Waals surface area (Å²) in [6.45, 7) is 0.0868. The predicted octanol–water partition coefficient (Wildman–Crippen LogP) is 1.02.